The molecule has 0 aliphatic rings. The third-order valence-electron chi connectivity index (χ3n) is 8.22. The van der Waals surface area contributed by atoms with Gasteiger partial charge in [-0.1, -0.05) is 90.0 Å². The summed E-state index contributed by atoms with van der Waals surface area (Å²) in [5.74, 6) is 0. The van der Waals surface area contributed by atoms with Crippen molar-refractivity contribution in [2.75, 3.05) is 0 Å². The lowest BCUT2D eigenvalue weighted by atomic mass is 9.97. The minimum atomic E-state index is 1.17. The van der Waals surface area contributed by atoms with E-state index < -0.39 is 0 Å². The quantitative estimate of drug-likeness (QED) is 0.223. The van der Waals surface area contributed by atoms with Gasteiger partial charge in [0.25, 0.3) is 0 Å². The van der Waals surface area contributed by atoms with E-state index in [-0.39, 0.29) is 0 Å². The van der Waals surface area contributed by atoms with Crippen LogP contribution in [0, 0.1) is 13.8 Å². The van der Waals surface area contributed by atoms with Crippen LogP contribution >= 0.6 is 0 Å². The summed E-state index contributed by atoms with van der Waals surface area (Å²) in [6.45, 7) is 4.35. The number of rotatable bonds is 3. The second-order valence-electron chi connectivity index (χ2n) is 10.8. The van der Waals surface area contributed by atoms with E-state index in [9.17, 15) is 0 Å². The Kier molecular flexibility index (Phi) is 4.99. The van der Waals surface area contributed by atoms with E-state index in [2.05, 4.69) is 156 Å². The number of aryl methyl sites for hydroxylation is 2. The monoisotopic (exact) mass is 512 g/mol. The van der Waals surface area contributed by atoms with Gasteiger partial charge in [0.1, 0.15) is 0 Å². The van der Waals surface area contributed by atoms with E-state index in [0.29, 0.717) is 0 Å². The van der Waals surface area contributed by atoms with Crippen LogP contribution in [0.4, 0.5) is 0 Å². The molecule has 0 amide bonds. The Morgan fingerprint density at radius 1 is 0.400 bits per heavy atom. The molecule has 190 valence electrons. The van der Waals surface area contributed by atoms with Gasteiger partial charge in [-0.05, 0) is 74.0 Å². The molecule has 2 heterocycles. The molecule has 0 aliphatic heterocycles. The molecule has 8 rings (SSSR count). The first-order valence-electron chi connectivity index (χ1n) is 13.9. The smallest absolute Gasteiger partial charge is 0.0547 e. The van der Waals surface area contributed by atoms with Crippen molar-refractivity contribution in [3.63, 3.8) is 0 Å². The molecule has 40 heavy (non-hydrogen) atoms. The number of hydrogen-bond acceptors (Lipinski definition) is 0. The summed E-state index contributed by atoms with van der Waals surface area (Å²) in [6, 6.07) is 48.7. The fraction of sp³-hybridized carbons (Fsp3) is 0.0526. The molecule has 0 saturated heterocycles. The first-order valence-corrected chi connectivity index (χ1v) is 13.9. The molecule has 2 nitrogen and oxygen atoms in total. The van der Waals surface area contributed by atoms with E-state index in [1.165, 1.54) is 77.2 Å². The Bertz CT molecular complexity index is 2170. The minimum Gasteiger partial charge on any atom is -0.309 e. The van der Waals surface area contributed by atoms with Crippen LogP contribution in [0.25, 0.3) is 66.1 Å². The Hall–Kier alpha value is -5.08. The van der Waals surface area contributed by atoms with Gasteiger partial charge in [-0.15, -0.1) is 0 Å². The van der Waals surface area contributed by atoms with Crippen molar-refractivity contribution < 1.29 is 0 Å². The second-order valence-corrected chi connectivity index (χ2v) is 10.8. The number of benzene rings is 6. The lowest BCUT2D eigenvalue weighted by molar-refractivity contribution is 1.18. The summed E-state index contributed by atoms with van der Waals surface area (Å²) in [7, 11) is 0. The summed E-state index contributed by atoms with van der Waals surface area (Å²) in [6.07, 6.45) is 0. The van der Waals surface area contributed by atoms with Crippen molar-refractivity contribution in [2.45, 2.75) is 13.8 Å². The second kappa shape index (κ2) is 8.72. The van der Waals surface area contributed by atoms with Crippen molar-refractivity contribution in [1.29, 1.82) is 0 Å². The largest absolute Gasteiger partial charge is 0.309 e. The number of para-hydroxylation sites is 3. The molecule has 0 atom stereocenters. The highest BCUT2D eigenvalue weighted by atomic mass is 15.0. The van der Waals surface area contributed by atoms with Crippen molar-refractivity contribution >= 4 is 43.6 Å². The van der Waals surface area contributed by atoms with Gasteiger partial charge in [0.2, 0.25) is 0 Å². The first-order chi connectivity index (χ1) is 19.7. The van der Waals surface area contributed by atoms with Crippen molar-refractivity contribution in [3.05, 3.63) is 145 Å². The average Bonchev–Trinajstić information content (AvgIpc) is 3.50. The standard InChI is InChI=1S/C38H28N2/c1-25-19-21-35-31(23-25)32-24-26(2)20-22-36(32)40(35)33-16-8-6-13-28(33)29-15-10-18-37-38(29)30-14-7-9-17-34(30)39(37)27-11-4-3-5-12-27/h3-24H,1-2H3. The van der Waals surface area contributed by atoms with Crippen LogP contribution in [0.15, 0.2) is 133 Å². The lowest BCUT2D eigenvalue weighted by Crippen LogP contribution is -1.97. The third-order valence-corrected chi connectivity index (χ3v) is 8.22. The predicted molar refractivity (Wildman–Crippen MR) is 170 cm³/mol. The van der Waals surface area contributed by atoms with Gasteiger partial charge in [0, 0.05) is 32.8 Å². The van der Waals surface area contributed by atoms with Gasteiger partial charge >= 0.3 is 0 Å². The summed E-state index contributed by atoms with van der Waals surface area (Å²) in [5.41, 5.74) is 12.3. The highest BCUT2D eigenvalue weighted by Gasteiger charge is 2.20. The number of hydrogen-bond donors (Lipinski definition) is 0. The van der Waals surface area contributed by atoms with Crippen LogP contribution < -0.4 is 0 Å². The molecule has 0 saturated carbocycles. The maximum absolute atomic E-state index is 2.45. The van der Waals surface area contributed by atoms with Crippen LogP contribution in [0.2, 0.25) is 0 Å². The average molecular weight is 513 g/mol. The van der Waals surface area contributed by atoms with Crippen LogP contribution in [-0.4, -0.2) is 9.13 Å². The fourth-order valence-corrected chi connectivity index (χ4v) is 6.51. The molecule has 0 spiro atoms. The van der Waals surface area contributed by atoms with E-state index >= 15 is 0 Å². The predicted octanol–water partition coefficient (Wildman–Crippen LogP) is 10.2. The van der Waals surface area contributed by atoms with Crippen molar-refractivity contribution in [3.8, 4) is 22.5 Å². The molecule has 6 aromatic carbocycles. The summed E-state index contributed by atoms with van der Waals surface area (Å²) in [4.78, 5) is 0. The summed E-state index contributed by atoms with van der Waals surface area (Å²) >= 11 is 0. The Morgan fingerprint density at radius 2 is 0.975 bits per heavy atom. The molecule has 2 aromatic heterocycles. The summed E-state index contributed by atoms with van der Waals surface area (Å²) in [5, 5.41) is 5.14. The molecule has 0 N–H and O–H groups in total. The summed E-state index contributed by atoms with van der Waals surface area (Å²) < 4.78 is 4.84. The van der Waals surface area contributed by atoms with E-state index in [1.54, 1.807) is 0 Å². The van der Waals surface area contributed by atoms with Gasteiger partial charge in [0.15, 0.2) is 0 Å². The van der Waals surface area contributed by atoms with Crippen LogP contribution in [0.1, 0.15) is 11.1 Å². The maximum atomic E-state index is 2.45. The third kappa shape index (κ3) is 3.29. The number of nitrogens with zero attached hydrogens (tertiary/aromatic N) is 2. The van der Waals surface area contributed by atoms with Gasteiger partial charge in [-0.25, -0.2) is 0 Å². The minimum absolute atomic E-state index is 1.17. The number of fused-ring (bicyclic) bond motifs is 6. The van der Waals surface area contributed by atoms with Gasteiger partial charge < -0.3 is 9.13 Å². The highest BCUT2D eigenvalue weighted by molar-refractivity contribution is 6.17. The zero-order valence-corrected chi connectivity index (χ0v) is 22.6. The Balaban J connectivity index is 1.49. The molecule has 0 aliphatic carbocycles. The van der Waals surface area contributed by atoms with E-state index in [1.807, 2.05) is 0 Å². The van der Waals surface area contributed by atoms with E-state index in [0.717, 1.165) is 0 Å². The molecule has 2 heteroatoms. The molecule has 0 fully saturated rings. The number of aromatic nitrogens is 2. The van der Waals surface area contributed by atoms with Gasteiger partial charge in [-0.2, -0.15) is 0 Å². The molecule has 0 radical (unpaired) electrons. The normalized spacial score (nSPS) is 11.8. The lowest BCUT2D eigenvalue weighted by Gasteiger charge is -2.15. The molecule has 8 aromatic rings. The van der Waals surface area contributed by atoms with E-state index in [4.69, 9.17) is 0 Å². The molecule has 0 unspecified atom stereocenters. The highest BCUT2D eigenvalue weighted by Crippen LogP contribution is 2.42. The maximum Gasteiger partial charge on any atom is 0.0547 e. The van der Waals surface area contributed by atoms with Gasteiger partial charge in [-0.3, -0.25) is 0 Å². The zero-order valence-electron chi connectivity index (χ0n) is 22.6. The SMILES string of the molecule is Cc1ccc2c(c1)c1cc(C)ccc1n2-c1ccccc1-c1cccc2c1c1ccccc1n2-c1ccccc1. The van der Waals surface area contributed by atoms with Gasteiger partial charge in [0.05, 0.1) is 27.8 Å². The van der Waals surface area contributed by atoms with Crippen LogP contribution in [0.3, 0.4) is 0 Å². The molecule has 0 bridgehead atoms. The zero-order chi connectivity index (χ0) is 26.8. The molecular weight excluding hydrogens is 484 g/mol. The molecular formula is C38H28N2. The van der Waals surface area contributed by atoms with Crippen molar-refractivity contribution in [2.24, 2.45) is 0 Å². The first kappa shape index (κ1) is 22.9. The van der Waals surface area contributed by atoms with Crippen LogP contribution in [0.5, 0.6) is 0 Å². The van der Waals surface area contributed by atoms with Crippen LogP contribution in [-0.2, 0) is 0 Å². The van der Waals surface area contributed by atoms with Crippen molar-refractivity contribution in [1.82, 2.24) is 9.13 Å². The fourth-order valence-electron chi connectivity index (χ4n) is 6.51. The topological polar surface area (TPSA) is 9.86 Å². The Labute approximate surface area is 233 Å². The Morgan fingerprint density at radius 3 is 1.73 bits per heavy atom.